The first kappa shape index (κ1) is 19.0. The van der Waals surface area contributed by atoms with Crippen LogP contribution in [0, 0.1) is 19.8 Å². The molecule has 0 radical (unpaired) electrons. The molecule has 0 spiro atoms. The predicted octanol–water partition coefficient (Wildman–Crippen LogP) is 3.31. The van der Waals surface area contributed by atoms with E-state index < -0.39 is 0 Å². The van der Waals surface area contributed by atoms with Gasteiger partial charge in [-0.3, -0.25) is 9.69 Å². The number of amides is 1. The lowest BCUT2D eigenvalue weighted by Crippen LogP contribution is -2.35. The molecule has 0 aromatic carbocycles. The van der Waals surface area contributed by atoms with Crippen LogP contribution in [0.4, 0.5) is 0 Å². The second-order valence-corrected chi connectivity index (χ2v) is 8.47. The van der Waals surface area contributed by atoms with Gasteiger partial charge in [0.2, 0.25) is 0 Å². The van der Waals surface area contributed by atoms with Gasteiger partial charge in [-0.25, -0.2) is 9.97 Å². The maximum atomic E-state index is 12.2. The summed E-state index contributed by atoms with van der Waals surface area (Å²) < 4.78 is 0. The van der Waals surface area contributed by atoms with E-state index in [1.54, 1.807) is 19.0 Å². The Morgan fingerprint density at radius 3 is 2.85 bits per heavy atom. The normalized spacial score (nSPS) is 18.1. The third-order valence-corrected chi connectivity index (χ3v) is 5.96. The van der Waals surface area contributed by atoms with E-state index in [0.717, 1.165) is 25.2 Å². The highest BCUT2D eigenvalue weighted by Gasteiger charge is 2.22. The number of piperidine rings is 1. The molecule has 2 aromatic rings. The van der Waals surface area contributed by atoms with Gasteiger partial charge in [-0.2, -0.15) is 0 Å². The Kier molecular flexibility index (Phi) is 6.04. The summed E-state index contributed by atoms with van der Waals surface area (Å²) in [5.74, 6) is 1.20. The molecule has 1 aliphatic rings. The number of likely N-dealkylation sites (tertiary alicyclic amines) is 1. The summed E-state index contributed by atoms with van der Waals surface area (Å²) in [7, 11) is 3.51. The molecule has 0 bridgehead atoms. The summed E-state index contributed by atoms with van der Waals surface area (Å²) in [4.78, 5) is 26.7. The minimum atomic E-state index is -0.0600. The van der Waals surface area contributed by atoms with Crippen LogP contribution in [-0.4, -0.2) is 52.9 Å². The third-order valence-electron chi connectivity index (χ3n) is 4.95. The van der Waals surface area contributed by atoms with Crippen molar-refractivity contribution in [3.8, 4) is 0 Å². The van der Waals surface area contributed by atoms with E-state index in [2.05, 4.69) is 33.2 Å². The minimum absolute atomic E-state index is 0.0600. The summed E-state index contributed by atoms with van der Waals surface area (Å²) in [6.07, 6.45) is 3.36. The number of hydrogen-bond acceptors (Lipinski definition) is 5. The van der Waals surface area contributed by atoms with Gasteiger partial charge in [-0.15, -0.1) is 11.3 Å². The molecule has 1 aliphatic heterocycles. The van der Waals surface area contributed by atoms with Gasteiger partial charge >= 0.3 is 0 Å². The van der Waals surface area contributed by atoms with Crippen molar-refractivity contribution in [2.75, 3.05) is 27.2 Å². The number of carbonyl (C=O) groups excluding carboxylic acids is 1. The van der Waals surface area contributed by atoms with E-state index in [1.165, 1.54) is 29.8 Å². The highest BCUT2D eigenvalue weighted by molar-refractivity contribution is 7.10. The van der Waals surface area contributed by atoms with Gasteiger partial charge in [0.05, 0.1) is 0 Å². The standard InChI is InChI=1S/C20H28N4OS/c1-14-7-9-26-19(14)13-24-8-5-6-16(12-24)10-17-11-18(20(25)23(3)4)22-15(2)21-17/h7,9,11,16H,5-6,8,10,12-13H2,1-4H3/t16-/m1/s1. The molecular formula is C20H28N4OS. The van der Waals surface area contributed by atoms with Gasteiger partial charge in [-0.05, 0) is 68.6 Å². The predicted molar refractivity (Wildman–Crippen MR) is 106 cm³/mol. The Labute approximate surface area is 160 Å². The van der Waals surface area contributed by atoms with Crippen LogP contribution in [0.5, 0.6) is 0 Å². The first-order valence-corrected chi connectivity index (χ1v) is 10.1. The summed E-state index contributed by atoms with van der Waals surface area (Å²) in [5, 5.41) is 2.18. The van der Waals surface area contributed by atoms with Gasteiger partial charge in [0.25, 0.3) is 5.91 Å². The SMILES string of the molecule is Cc1nc(C[C@H]2CCCN(Cc3sccc3C)C2)cc(C(=O)N(C)C)n1. The molecule has 0 aliphatic carbocycles. The Balaban J connectivity index is 1.66. The van der Waals surface area contributed by atoms with Gasteiger partial charge in [0.1, 0.15) is 11.5 Å². The molecule has 0 saturated carbocycles. The fourth-order valence-corrected chi connectivity index (χ4v) is 4.55. The van der Waals surface area contributed by atoms with Gasteiger partial charge < -0.3 is 4.90 Å². The quantitative estimate of drug-likeness (QED) is 0.808. The second kappa shape index (κ2) is 8.27. The third kappa shape index (κ3) is 4.68. The molecule has 26 heavy (non-hydrogen) atoms. The zero-order chi connectivity index (χ0) is 18.7. The summed E-state index contributed by atoms with van der Waals surface area (Å²) in [5.41, 5.74) is 2.89. The van der Waals surface area contributed by atoms with Crippen LogP contribution in [0.3, 0.4) is 0 Å². The first-order valence-electron chi connectivity index (χ1n) is 9.24. The fraction of sp³-hybridized carbons (Fsp3) is 0.550. The molecule has 140 valence electrons. The maximum absolute atomic E-state index is 12.2. The van der Waals surface area contributed by atoms with Crippen LogP contribution in [0.2, 0.25) is 0 Å². The number of nitrogens with zero attached hydrogens (tertiary/aromatic N) is 4. The highest BCUT2D eigenvalue weighted by atomic mass is 32.1. The lowest BCUT2D eigenvalue weighted by Gasteiger charge is -2.32. The van der Waals surface area contributed by atoms with Crippen molar-refractivity contribution < 1.29 is 4.79 Å². The molecule has 6 heteroatoms. The molecule has 5 nitrogen and oxygen atoms in total. The summed E-state index contributed by atoms with van der Waals surface area (Å²) in [6.45, 7) is 7.37. The van der Waals surface area contributed by atoms with Crippen molar-refractivity contribution in [2.24, 2.45) is 5.92 Å². The molecular weight excluding hydrogens is 344 g/mol. The van der Waals surface area contributed by atoms with Crippen LogP contribution in [-0.2, 0) is 13.0 Å². The van der Waals surface area contributed by atoms with Crippen LogP contribution in [0.1, 0.15) is 45.3 Å². The number of carbonyl (C=O) groups is 1. The number of aromatic nitrogens is 2. The molecule has 1 amide bonds. The highest BCUT2D eigenvalue weighted by Crippen LogP contribution is 2.24. The van der Waals surface area contributed by atoms with Crippen LogP contribution >= 0.6 is 11.3 Å². The topological polar surface area (TPSA) is 49.3 Å². The molecule has 1 saturated heterocycles. The van der Waals surface area contributed by atoms with Crippen LogP contribution in [0.25, 0.3) is 0 Å². The summed E-state index contributed by atoms with van der Waals surface area (Å²) >= 11 is 1.85. The van der Waals surface area contributed by atoms with Crippen molar-refractivity contribution in [2.45, 2.75) is 39.7 Å². The van der Waals surface area contributed by atoms with Crippen molar-refractivity contribution in [1.82, 2.24) is 19.8 Å². The van der Waals surface area contributed by atoms with E-state index in [0.29, 0.717) is 17.4 Å². The lowest BCUT2D eigenvalue weighted by atomic mass is 9.93. The van der Waals surface area contributed by atoms with Crippen molar-refractivity contribution in [1.29, 1.82) is 0 Å². The largest absolute Gasteiger partial charge is 0.343 e. The number of aryl methyl sites for hydroxylation is 2. The summed E-state index contributed by atoms with van der Waals surface area (Å²) in [6, 6.07) is 4.08. The smallest absolute Gasteiger partial charge is 0.272 e. The van der Waals surface area contributed by atoms with Gasteiger partial charge in [0.15, 0.2) is 0 Å². The van der Waals surface area contributed by atoms with Crippen molar-refractivity contribution in [3.05, 3.63) is 45.2 Å². The van der Waals surface area contributed by atoms with Gasteiger partial charge in [-0.1, -0.05) is 0 Å². The zero-order valence-corrected chi connectivity index (χ0v) is 17.0. The molecule has 0 N–H and O–H groups in total. The van der Waals surface area contributed by atoms with E-state index in [9.17, 15) is 4.79 Å². The van der Waals surface area contributed by atoms with Crippen LogP contribution < -0.4 is 0 Å². The average Bonchev–Trinajstić information content (AvgIpc) is 2.98. The Morgan fingerprint density at radius 1 is 1.35 bits per heavy atom. The molecule has 1 fully saturated rings. The molecule has 3 heterocycles. The Hall–Kier alpha value is -1.79. The lowest BCUT2D eigenvalue weighted by molar-refractivity contribution is 0.0821. The zero-order valence-electron chi connectivity index (χ0n) is 16.2. The molecule has 2 aromatic heterocycles. The second-order valence-electron chi connectivity index (χ2n) is 7.47. The maximum Gasteiger partial charge on any atom is 0.272 e. The minimum Gasteiger partial charge on any atom is -0.343 e. The average molecular weight is 373 g/mol. The van der Waals surface area contributed by atoms with Gasteiger partial charge in [0, 0.05) is 37.8 Å². The van der Waals surface area contributed by atoms with Crippen molar-refractivity contribution in [3.63, 3.8) is 0 Å². The number of hydrogen-bond donors (Lipinski definition) is 0. The van der Waals surface area contributed by atoms with E-state index in [4.69, 9.17) is 0 Å². The number of rotatable bonds is 5. The Morgan fingerprint density at radius 2 is 2.15 bits per heavy atom. The Bertz CT molecular complexity index is 771. The monoisotopic (exact) mass is 372 g/mol. The molecule has 0 unspecified atom stereocenters. The first-order chi connectivity index (χ1) is 12.4. The molecule has 3 rings (SSSR count). The fourth-order valence-electron chi connectivity index (χ4n) is 3.60. The van der Waals surface area contributed by atoms with E-state index in [-0.39, 0.29) is 5.91 Å². The van der Waals surface area contributed by atoms with E-state index >= 15 is 0 Å². The number of thiophene rings is 1. The van der Waals surface area contributed by atoms with Crippen molar-refractivity contribution >= 4 is 17.2 Å². The molecule has 1 atom stereocenters. The van der Waals surface area contributed by atoms with Crippen LogP contribution in [0.15, 0.2) is 17.5 Å². The van der Waals surface area contributed by atoms with E-state index in [1.807, 2.05) is 24.3 Å².